The lowest BCUT2D eigenvalue weighted by Crippen LogP contribution is -2.12. The number of carbonyl (C=O) groups is 1. The summed E-state index contributed by atoms with van der Waals surface area (Å²) in [5, 5.41) is 7.16. The molecule has 31 heavy (non-hydrogen) atoms. The summed E-state index contributed by atoms with van der Waals surface area (Å²) in [6, 6.07) is 13.6. The van der Waals surface area contributed by atoms with Gasteiger partial charge in [0.25, 0.3) is 11.8 Å². The number of ether oxygens (including phenoxy) is 1. The van der Waals surface area contributed by atoms with Gasteiger partial charge in [-0.1, -0.05) is 28.9 Å². The lowest BCUT2D eigenvalue weighted by Gasteiger charge is -2.10. The van der Waals surface area contributed by atoms with Gasteiger partial charge in [-0.2, -0.15) is 0 Å². The third-order valence-corrected chi connectivity index (χ3v) is 4.84. The number of para-hydroxylation sites is 1. The molecule has 0 fully saturated rings. The summed E-state index contributed by atoms with van der Waals surface area (Å²) in [5.41, 5.74) is 8.88. The number of anilines is 2. The fraction of sp³-hybridized carbons (Fsp3) is 0.0909. The van der Waals surface area contributed by atoms with Crippen LogP contribution in [0.4, 0.5) is 11.5 Å². The van der Waals surface area contributed by atoms with Gasteiger partial charge in [-0.05, 0) is 50.2 Å². The molecule has 0 spiro atoms. The van der Waals surface area contributed by atoms with Gasteiger partial charge in [-0.3, -0.25) is 4.79 Å². The minimum Gasteiger partial charge on any atom is -0.436 e. The number of hydrogen-bond acceptors (Lipinski definition) is 7. The number of halogens is 1. The van der Waals surface area contributed by atoms with Crippen LogP contribution in [0.15, 0.2) is 59.3 Å². The Morgan fingerprint density at radius 1 is 1.13 bits per heavy atom. The summed E-state index contributed by atoms with van der Waals surface area (Å²) in [6.07, 6.45) is 1.54. The van der Waals surface area contributed by atoms with Crippen molar-refractivity contribution in [2.45, 2.75) is 13.8 Å². The van der Waals surface area contributed by atoms with E-state index in [2.05, 4.69) is 20.4 Å². The molecule has 0 bridgehead atoms. The molecule has 0 unspecified atom stereocenters. The molecule has 4 aromatic rings. The number of amides is 1. The van der Waals surface area contributed by atoms with E-state index in [0.717, 1.165) is 5.56 Å². The van der Waals surface area contributed by atoms with Crippen molar-refractivity contribution >= 4 is 29.0 Å². The van der Waals surface area contributed by atoms with E-state index in [-0.39, 0.29) is 17.6 Å². The third kappa shape index (κ3) is 4.34. The minimum absolute atomic E-state index is 0.135. The van der Waals surface area contributed by atoms with Gasteiger partial charge in [-0.15, -0.1) is 0 Å². The number of nitrogens with two attached hydrogens (primary N) is 1. The van der Waals surface area contributed by atoms with E-state index in [4.69, 9.17) is 26.6 Å². The number of hydrogen-bond donors (Lipinski definition) is 2. The molecule has 0 saturated heterocycles. The number of aryl methyl sites for hydroxylation is 2. The maximum atomic E-state index is 12.5. The SMILES string of the molecule is Cc1noc(C)c1-c1cnc(N)c(Oc2ccc(C(=O)Nc3ccccc3Cl)cc2)n1. The van der Waals surface area contributed by atoms with Crippen molar-refractivity contribution in [3.05, 3.63) is 76.8 Å². The van der Waals surface area contributed by atoms with Crippen LogP contribution in [0.5, 0.6) is 11.6 Å². The van der Waals surface area contributed by atoms with Crippen LogP contribution in [0.2, 0.25) is 5.02 Å². The molecule has 4 rings (SSSR count). The number of nitrogens with one attached hydrogen (secondary N) is 1. The largest absolute Gasteiger partial charge is 0.436 e. The predicted molar refractivity (Wildman–Crippen MR) is 117 cm³/mol. The second-order valence-electron chi connectivity index (χ2n) is 6.71. The molecular formula is C22H18ClN5O3. The molecule has 0 aliphatic carbocycles. The van der Waals surface area contributed by atoms with Gasteiger partial charge in [0.15, 0.2) is 5.82 Å². The van der Waals surface area contributed by atoms with Crippen molar-refractivity contribution in [1.29, 1.82) is 0 Å². The van der Waals surface area contributed by atoms with Crippen LogP contribution in [-0.4, -0.2) is 21.0 Å². The first-order valence-corrected chi connectivity index (χ1v) is 9.69. The summed E-state index contributed by atoms with van der Waals surface area (Å²) in [4.78, 5) is 21.1. The standard InChI is InChI=1S/C22H18ClN5O3/c1-12-19(13(2)31-28-12)18-11-25-20(24)22(27-18)30-15-9-7-14(8-10-15)21(29)26-17-6-4-3-5-16(17)23/h3-11H,1-2H3,(H2,24,25)(H,26,29). The first-order chi connectivity index (χ1) is 14.9. The monoisotopic (exact) mass is 435 g/mol. The van der Waals surface area contributed by atoms with E-state index in [1.807, 2.05) is 6.92 Å². The Morgan fingerprint density at radius 2 is 1.87 bits per heavy atom. The molecule has 1 amide bonds. The van der Waals surface area contributed by atoms with Crippen molar-refractivity contribution < 1.29 is 14.1 Å². The van der Waals surface area contributed by atoms with Gasteiger partial charge in [0, 0.05) is 5.56 Å². The van der Waals surface area contributed by atoms with E-state index in [1.54, 1.807) is 55.5 Å². The van der Waals surface area contributed by atoms with Gasteiger partial charge >= 0.3 is 0 Å². The van der Waals surface area contributed by atoms with Gasteiger partial charge in [0.1, 0.15) is 11.5 Å². The highest BCUT2D eigenvalue weighted by atomic mass is 35.5. The van der Waals surface area contributed by atoms with Crippen LogP contribution in [-0.2, 0) is 0 Å². The zero-order chi connectivity index (χ0) is 22.0. The van der Waals surface area contributed by atoms with E-state index < -0.39 is 0 Å². The van der Waals surface area contributed by atoms with E-state index in [0.29, 0.717) is 39.2 Å². The first kappa shape index (κ1) is 20.4. The lowest BCUT2D eigenvalue weighted by atomic mass is 10.1. The highest BCUT2D eigenvalue weighted by Gasteiger charge is 2.16. The molecule has 2 aromatic carbocycles. The minimum atomic E-state index is -0.292. The second kappa shape index (κ2) is 8.45. The Kier molecular flexibility index (Phi) is 5.55. The van der Waals surface area contributed by atoms with Crippen molar-refractivity contribution in [3.8, 4) is 22.9 Å². The van der Waals surface area contributed by atoms with Crippen LogP contribution >= 0.6 is 11.6 Å². The average Bonchev–Trinajstić information content (AvgIpc) is 3.10. The zero-order valence-corrected chi connectivity index (χ0v) is 17.5. The molecule has 0 aliphatic heterocycles. The Labute approximate surface area is 183 Å². The van der Waals surface area contributed by atoms with Crippen LogP contribution in [0, 0.1) is 13.8 Å². The number of aromatic nitrogens is 3. The predicted octanol–water partition coefficient (Wildman–Crippen LogP) is 5.03. The molecule has 3 N–H and O–H groups in total. The molecule has 8 nitrogen and oxygen atoms in total. The number of nitrogen functional groups attached to an aromatic ring is 1. The highest BCUT2D eigenvalue weighted by Crippen LogP contribution is 2.30. The summed E-state index contributed by atoms with van der Waals surface area (Å²) in [7, 11) is 0. The molecule has 0 aliphatic rings. The number of carbonyl (C=O) groups excluding carboxylic acids is 1. The number of nitrogens with zero attached hydrogens (tertiary/aromatic N) is 3. The Morgan fingerprint density at radius 3 is 2.55 bits per heavy atom. The smallest absolute Gasteiger partial charge is 0.263 e. The van der Waals surface area contributed by atoms with Gasteiger partial charge in [0.2, 0.25) is 0 Å². The van der Waals surface area contributed by atoms with Crippen molar-refractivity contribution in [3.63, 3.8) is 0 Å². The van der Waals surface area contributed by atoms with Crippen LogP contribution in [0.25, 0.3) is 11.3 Å². The molecule has 2 aromatic heterocycles. The Bertz CT molecular complexity index is 1230. The molecule has 156 valence electrons. The molecular weight excluding hydrogens is 418 g/mol. The van der Waals surface area contributed by atoms with Crippen molar-refractivity contribution in [1.82, 2.24) is 15.1 Å². The third-order valence-electron chi connectivity index (χ3n) is 4.51. The normalized spacial score (nSPS) is 10.7. The molecule has 2 heterocycles. The topological polar surface area (TPSA) is 116 Å². The van der Waals surface area contributed by atoms with Crippen molar-refractivity contribution in [2.24, 2.45) is 0 Å². The zero-order valence-electron chi connectivity index (χ0n) is 16.7. The van der Waals surface area contributed by atoms with Crippen LogP contribution in [0.1, 0.15) is 21.8 Å². The highest BCUT2D eigenvalue weighted by molar-refractivity contribution is 6.33. The fourth-order valence-corrected chi connectivity index (χ4v) is 3.15. The lowest BCUT2D eigenvalue weighted by molar-refractivity contribution is 0.102. The van der Waals surface area contributed by atoms with Gasteiger partial charge in [0.05, 0.1) is 33.9 Å². The molecule has 9 heteroatoms. The van der Waals surface area contributed by atoms with Crippen molar-refractivity contribution in [2.75, 3.05) is 11.1 Å². The molecule has 0 saturated carbocycles. The van der Waals surface area contributed by atoms with Crippen LogP contribution < -0.4 is 15.8 Å². The van der Waals surface area contributed by atoms with E-state index in [9.17, 15) is 4.79 Å². The summed E-state index contributed by atoms with van der Waals surface area (Å²) in [6.45, 7) is 3.61. The number of rotatable bonds is 5. The van der Waals surface area contributed by atoms with Gasteiger partial charge in [-0.25, -0.2) is 9.97 Å². The van der Waals surface area contributed by atoms with E-state index in [1.165, 1.54) is 6.20 Å². The summed E-state index contributed by atoms with van der Waals surface area (Å²) >= 11 is 6.09. The molecule has 0 radical (unpaired) electrons. The fourth-order valence-electron chi connectivity index (χ4n) is 2.97. The maximum absolute atomic E-state index is 12.5. The summed E-state index contributed by atoms with van der Waals surface area (Å²) < 4.78 is 11.0. The second-order valence-corrected chi connectivity index (χ2v) is 7.11. The maximum Gasteiger partial charge on any atom is 0.263 e. The Hall–Kier alpha value is -3.91. The summed E-state index contributed by atoms with van der Waals surface area (Å²) in [5.74, 6) is 1.06. The van der Waals surface area contributed by atoms with Crippen LogP contribution in [0.3, 0.4) is 0 Å². The quantitative estimate of drug-likeness (QED) is 0.451. The Balaban J connectivity index is 1.52. The average molecular weight is 436 g/mol. The van der Waals surface area contributed by atoms with Gasteiger partial charge < -0.3 is 20.3 Å². The first-order valence-electron chi connectivity index (χ1n) is 9.32. The number of benzene rings is 2. The molecule has 0 atom stereocenters. The van der Waals surface area contributed by atoms with E-state index >= 15 is 0 Å².